The molecule has 5 atom stereocenters. The molecule has 5 aliphatic rings. The summed E-state index contributed by atoms with van der Waals surface area (Å²) in [4.78, 5) is 34.8. The van der Waals surface area contributed by atoms with Crippen molar-refractivity contribution in [3.63, 3.8) is 0 Å². The lowest BCUT2D eigenvalue weighted by atomic mass is 9.63. The average Bonchev–Trinajstić information content (AvgIpc) is 3.15. The minimum absolute atomic E-state index is 0.148. The first-order valence-electron chi connectivity index (χ1n) is 20.2. The molecule has 2 aromatic carbocycles. The van der Waals surface area contributed by atoms with Crippen LogP contribution >= 0.6 is 11.6 Å². The first-order valence-corrected chi connectivity index (χ1v) is 22.1. The summed E-state index contributed by atoms with van der Waals surface area (Å²) in [6, 6.07) is 11.7. The van der Waals surface area contributed by atoms with Gasteiger partial charge in [0.2, 0.25) is 15.9 Å². The molecule has 13 heteroatoms. The van der Waals surface area contributed by atoms with Crippen LogP contribution in [0.15, 0.2) is 48.6 Å². The summed E-state index contributed by atoms with van der Waals surface area (Å²) < 4.78 is 42.9. The molecule has 0 spiro atoms. The van der Waals surface area contributed by atoms with Gasteiger partial charge in [-0.15, -0.1) is 0 Å². The minimum Gasteiger partial charge on any atom is -0.487 e. The van der Waals surface area contributed by atoms with Gasteiger partial charge in [0.1, 0.15) is 18.0 Å². The van der Waals surface area contributed by atoms with Gasteiger partial charge in [-0.25, -0.2) is 13.1 Å². The number of hydrogen-bond donors (Lipinski definition) is 1. The van der Waals surface area contributed by atoms with Crippen molar-refractivity contribution in [1.29, 1.82) is 0 Å². The Morgan fingerprint density at radius 3 is 2.49 bits per heavy atom. The number of fused-ring (bicyclic) bond motifs is 3. The molecule has 2 saturated heterocycles. The van der Waals surface area contributed by atoms with Crippen molar-refractivity contribution in [3.8, 4) is 5.75 Å². The Balaban J connectivity index is 1.19. The predicted octanol–water partition coefficient (Wildman–Crippen LogP) is 5.37. The summed E-state index contributed by atoms with van der Waals surface area (Å²) in [5.41, 5.74) is 2.79. The summed E-state index contributed by atoms with van der Waals surface area (Å²) in [7, 11) is -2.14. The van der Waals surface area contributed by atoms with Crippen LogP contribution in [0.2, 0.25) is 5.02 Å². The number of carbonyl (C=O) groups excluding carboxylic acids is 2. The van der Waals surface area contributed by atoms with Crippen molar-refractivity contribution in [3.05, 3.63) is 70.3 Å². The van der Waals surface area contributed by atoms with Crippen LogP contribution in [0.25, 0.3) is 0 Å². The van der Waals surface area contributed by atoms with Gasteiger partial charge < -0.3 is 19.3 Å². The van der Waals surface area contributed by atoms with E-state index in [1.807, 2.05) is 49.3 Å². The minimum atomic E-state index is -3.97. The first kappa shape index (κ1) is 40.1. The molecule has 0 radical (unpaired) electrons. The fourth-order valence-electron chi connectivity index (χ4n) is 9.21. The summed E-state index contributed by atoms with van der Waals surface area (Å²) in [5.74, 6) is 0.509. The molecular weight excluding hydrogens is 738 g/mol. The topological polar surface area (TPSA) is 112 Å². The Bertz CT molecular complexity index is 1860. The zero-order valence-electron chi connectivity index (χ0n) is 32.8. The maximum Gasteiger partial charge on any atom is 0.264 e. The maximum absolute atomic E-state index is 13.6. The van der Waals surface area contributed by atoms with Gasteiger partial charge in [-0.1, -0.05) is 36.7 Å². The lowest BCUT2D eigenvalue weighted by molar-refractivity contribution is -0.137. The Kier molecular flexibility index (Phi) is 12.2. The van der Waals surface area contributed by atoms with E-state index in [4.69, 9.17) is 21.1 Å². The van der Waals surface area contributed by atoms with Crippen LogP contribution in [-0.2, 0) is 32.6 Å². The quantitative estimate of drug-likeness (QED) is 0.409. The van der Waals surface area contributed by atoms with E-state index >= 15 is 0 Å². The largest absolute Gasteiger partial charge is 0.487 e. The molecule has 7 rings (SSSR count). The number of amides is 2. The lowest BCUT2D eigenvalue weighted by Gasteiger charge is -2.53. The third-order valence-electron chi connectivity index (χ3n) is 13.3. The van der Waals surface area contributed by atoms with E-state index in [1.165, 1.54) is 5.56 Å². The molecule has 2 aromatic rings. The molecule has 11 nitrogen and oxygen atoms in total. The van der Waals surface area contributed by atoms with Gasteiger partial charge in [0.25, 0.3) is 5.91 Å². The summed E-state index contributed by atoms with van der Waals surface area (Å²) >= 11 is 6.41. The molecule has 300 valence electrons. The molecule has 2 amide bonds. The smallest absolute Gasteiger partial charge is 0.264 e. The van der Waals surface area contributed by atoms with Gasteiger partial charge >= 0.3 is 0 Å². The number of likely N-dealkylation sites (tertiary alicyclic amines) is 1. The van der Waals surface area contributed by atoms with E-state index in [0.717, 1.165) is 102 Å². The number of methoxy groups -OCH3 is 1. The highest BCUT2D eigenvalue weighted by Gasteiger charge is 2.48. The third kappa shape index (κ3) is 8.73. The van der Waals surface area contributed by atoms with E-state index in [1.54, 1.807) is 19.9 Å². The number of halogens is 1. The Labute approximate surface area is 332 Å². The highest BCUT2D eigenvalue weighted by molar-refractivity contribution is 7.90. The highest BCUT2D eigenvalue weighted by atomic mass is 35.5. The van der Waals surface area contributed by atoms with E-state index in [0.29, 0.717) is 35.8 Å². The molecule has 55 heavy (non-hydrogen) atoms. The molecule has 1 aliphatic carbocycles. The Hall–Kier alpha value is -3.16. The Morgan fingerprint density at radius 1 is 1.00 bits per heavy atom. The second kappa shape index (κ2) is 16.7. The molecule has 4 aliphatic heterocycles. The Morgan fingerprint density at radius 2 is 1.78 bits per heavy atom. The number of sulfonamides is 1. The van der Waals surface area contributed by atoms with Crippen LogP contribution in [-0.4, -0.2) is 118 Å². The number of anilines is 1. The van der Waals surface area contributed by atoms with Crippen molar-refractivity contribution in [1.82, 2.24) is 19.4 Å². The van der Waals surface area contributed by atoms with Crippen LogP contribution in [0.1, 0.15) is 74.4 Å². The van der Waals surface area contributed by atoms with Crippen molar-refractivity contribution in [2.24, 2.45) is 17.8 Å². The number of piperazine rings is 1. The number of nitrogens with one attached hydrogen (secondary N) is 1. The number of aryl methyl sites for hydroxylation is 1. The molecule has 1 saturated carbocycles. The number of benzene rings is 2. The number of nitrogens with zero attached hydrogens (tertiary/aromatic N) is 4. The van der Waals surface area contributed by atoms with Gasteiger partial charge in [-0.2, -0.15) is 0 Å². The van der Waals surface area contributed by atoms with E-state index in [2.05, 4.69) is 31.6 Å². The van der Waals surface area contributed by atoms with Gasteiger partial charge in [-0.05, 0) is 105 Å². The summed E-state index contributed by atoms with van der Waals surface area (Å²) in [6.07, 6.45) is 9.76. The number of allylic oxidation sites excluding steroid dienone is 1. The molecular formula is C42H58ClN5O6S. The molecule has 1 N–H and O–H groups in total. The van der Waals surface area contributed by atoms with Gasteiger partial charge in [0.15, 0.2) is 0 Å². The predicted molar refractivity (Wildman–Crippen MR) is 216 cm³/mol. The molecule has 3 fully saturated rings. The van der Waals surface area contributed by atoms with Crippen molar-refractivity contribution in [2.45, 2.75) is 82.8 Å². The second-order valence-corrected chi connectivity index (χ2v) is 19.1. The van der Waals surface area contributed by atoms with Crippen LogP contribution in [0.5, 0.6) is 5.75 Å². The van der Waals surface area contributed by atoms with Gasteiger partial charge in [0, 0.05) is 89.6 Å². The molecule has 2 bridgehead atoms. The number of carbonyl (C=O) groups is 2. The number of ether oxygens (including phenoxy) is 2. The zero-order valence-corrected chi connectivity index (χ0v) is 34.4. The van der Waals surface area contributed by atoms with E-state index in [-0.39, 0.29) is 23.3 Å². The van der Waals surface area contributed by atoms with Crippen molar-refractivity contribution in [2.75, 3.05) is 70.9 Å². The average molecular weight is 796 g/mol. The normalized spacial score (nSPS) is 30.3. The van der Waals surface area contributed by atoms with Crippen LogP contribution in [0.4, 0.5) is 5.69 Å². The second-order valence-electron chi connectivity index (χ2n) is 16.6. The van der Waals surface area contributed by atoms with Gasteiger partial charge in [0.05, 0.1) is 10.9 Å². The summed E-state index contributed by atoms with van der Waals surface area (Å²) in [6.45, 7) is 13.3. The fraction of sp³-hybridized carbons (Fsp3) is 0.619. The van der Waals surface area contributed by atoms with Crippen molar-refractivity contribution >= 4 is 39.1 Å². The molecule has 0 aromatic heterocycles. The lowest BCUT2D eigenvalue weighted by Crippen LogP contribution is -2.65. The van der Waals surface area contributed by atoms with Gasteiger partial charge in [-0.3, -0.25) is 19.4 Å². The SMILES string of the molecule is COC1(CN2CCN(C3CN(C(C)=O)C3)CC2)/C=C/C[C@H](C)[C@@H](C)S(=O)(=O)NC(=O)c2ccc3c(c2)N(CCCCc2cc(Cl)ccc2CO3)C[C@@H]2CC[C@H]21. The standard InChI is InChI=1S/C42H58ClN5O6S/c1-29-8-7-16-42(53-4,28-45-18-20-46(21-19-45)37-25-48(26-37)31(3)49)38-14-11-34(38)24-47-17-6-5-9-32-22-36(43)13-10-35(32)27-54-40-15-12-33(23-39(40)47)41(50)44-55(51,52)30(29)2/h7,10,12-13,15-16,22-23,29-30,34,37-38H,5-6,8-9,11,14,17-21,24-28H2,1-4H3,(H,44,50)/b16-7+/t29-,30+,34-,38+,42?/m0/s1. The van der Waals surface area contributed by atoms with Crippen molar-refractivity contribution < 1.29 is 27.5 Å². The molecule has 4 heterocycles. The third-order valence-corrected chi connectivity index (χ3v) is 15.4. The number of hydrogen-bond acceptors (Lipinski definition) is 9. The fourth-order valence-corrected chi connectivity index (χ4v) is 10.7. The first-order chi connectivity index (χ1) is 26.4. The summed E-state index contributed by atoms with van der Waals surface area (Å²) in [5, 5.41) is -0.0865. The maximum atomic E-state index is 13.6. The van der Waals surface area contributed by atoms with E-state index in [9.17, 15) is 18.0 Å². The zero-order chi connectivity index (χ0) is 38.9. The molecule has 1 unspecified atom stereocenters. The van der Waals surface area contributed by atoms with Crippen LogP contribution in [0.3, 0.4) is 0 Å². The van der Waals surface area contributed by atoms with Crippen LogP contribution in [0, 0.1) is 17.8 Å². The monoisotopic (exact) mass is 795 g/mol. The van der Waals surface area contributed by atoms with E-state index < -0.39 is 26.8 Å². The number of rotatable bonds is 4. The van der Waals surface area contributed by atoms with Crippen LogP contribution < -0.4 is 14.4 Å². The highest BCUT2D eigenvalue weighted by Crippen LogP contribution is 2.47.